The van der Waals surface area contributed by atoms with Gasteiger partial charge in [0, 0.05) is 32.9 Å². The van der Waals surface area contributed by atoms with Crippen molar-refractivity contribution < 1.29 is 13.5 Å². The lowest BCUT2D eigenvalue weighted by Gasteiger charge is -2.32. The number of aliphatic hydroxyl groups is 1. The molecule has 0 aromatic heterocycles. The van der Waals surface area contributed by atoms with Gasteiger partial charge in [-0.15, -0.1) is 0 Å². The Morgan fingerprint density at radius 3 is 2.36 bits per heavy atom. The molecule has 124 valence electrons. The molecule has 1 aliphatic rings. The highest BCUT2D eigenvalue weighted by Gasteiger charge is 2.31. The Balaban J connectivity index is 2.23. The second-order valence-electron chi connectivity index (χ2n) is 6.32. The summed E-state index contributed by atoms with van der Waals surface area (Å²) in [6.07, 6.45) is 1.05. The number of sulfonamides is 1. The van der Waals surface area contributed by atoms with Gasteiger partial charge in [0.2, 0.25) is 10.0 Å². The predicted octanol–water partition coefficient (Wildman–Crippen LogP) is 1.84. The normalized spacial score (nSPS) is 19.1. The molecule has 2 rings (SSSR count). The van der Waals surface area contributed by atoms with E-state index >= 15 is 0 Å². The van der Waals surface area contributed by atoms with Gasteiger partial charge in [-0.05, 0) is 50.3 Å². The fourth-order valence-electron chi connectivity index (χ4n) is 2.98. The van der Waals surface area contributed by atoms with Crippen molar-refractivity contribution in [3.63, 3.8) is 0 Å². The van der Waals surface area contributed by atoms with Crippen molar-refractivity contribution in [3.8, 4) is 0 Å². The second-order valence-corrected chi connectivity index (χ2v) is 8.26. The molecular weight excluding hydrogens is 300 g/mol. The van der Waals surface area contributed by atoms with E-state index in [4.69, 9.17) is 0 Å². The zero-order chi connectivity index (χ0) is 16.5. The maximum atomic E-state index is 12.8. The quantitative estimate of drug-likeness (QED) is 0.917. The molecule has 1 unspecified atom stereocenters. The first-order chi connectivity index (χ1) is 10.2. The van der Waals surface area contributed by atoms with E-state index in [2.05, 4.69) is 0 Å². The predicted molar refractivity (Wildman–Crippen MR) is 88.7 cm³/mol. The van der Waals surface area contributed by atoms with E-state index in [0.29, 0.717) is 30.8 Å². The summed E-state index contributed by atoms with van der Waals surface area (Å²) < 4.78 is 27.1. The molecule has 0 aliphatic carbocycles. The number of anilines is 1. The van der Waals surface area contributed by atoms with Gasteiger partial charge in [-0.2, -0.15) is 4.31 Å². The number of piperidine rings is 1. The Bertz CT molecular complexity index is 618. The van der Waals surface area contributed by atoms with Crippen molar-refractivity contribution in [1.29, 1.82) is 0 Å². The maximum Gasteiger partial charge on any atom is 0.243 e. The molecular formula is C16H26N2O3S. The molecule has 1 heterocycles. The van der Waals surface area contributed by atoms with Crippen LogP contribution in [0, 0.1) is 12.8 Å². The summed E-state index contributed by atoms with van der Waals surface area (Å²) in [5, 5.41) is 9.64. The van der Waals surface area contributed by atoms with E-state index in [1.807, 2.05) is 32.0 Å². The van der Waals surface area contributed by atoms with Gasteiger partial charge in [0.25, 0.3) is 0 Å². The number of hydrogen-bond donors (Lipinski definition) is 1. The topological polar surface area (TPSA) is 60.9 Å². The van der Waals surface area contributed by atoms with Crippen molar-refractivity contribution in [1.82, 2.24) is 4.31 Å². The highest BCUT2D eigenvalue weighted by molar-refractivity contribution is 7.89. The third kappa shape index (κ3) is 3.45. The number of rotatable bonds is 4. The fraction of sp³-hybridized carbons (Fsp3) is 0.625. The van der Waals surface area contributed by atoms with Crippen LogP contribution in [0.25, 0.3) is 0 Å². The molecule has 0 spiro atoms. The van der Waals surface area contributed by atoms with Gasteiger partial charge in [-0.3, -0.25) is 0 Å². The van der Waals surface area contributed by atoms with Crippen LogP contribution in [0.4, 0.5) is 5.69 Å². The Kier molecular flexibility index (Phi) is 5.14. The van der Waals surface area contributed by atoms with E-state index in [-0.39, 0.29) is 12.0 Å². The van der Waals surface area contributed by atoms with Crippen molar-refractivity contribution in [2.24, 2.45) is 5.92 Å². The van der Waals surface area contributed by atoms with Crippen LogP contribution in [0.1, 0.15) is 25.3 Å². The van der Waals surface area contributed by atoms with Gasteiger partial charge in [0.1, 0.15) is 0 Å². The molecule has 5 nitrogen and oxygen atoms in total. The van der Waals surface area contributed by atoms with Crippen LogP contribution >= 0.6 is 0 Å². The van der Waals surface area contributed by atoms with Crippen molar-refractivity contribution in [2.75, 3.05) is 32.1 Å². The zero-order valence-electron chi connectivity index (χ0n) is 13.8. The third-order valence-electron chi connectivity index (χ3n) is 4.48. The minimum Gasteiger partial charge on any atom is -0.393 e. The average molecular weight is 326 g/mol. The molecule has 0 saturated carbocycles. The molecule has 1 saturated heterocycles. The Morgan fingerprint density at radius 1 is 1.27 bits per heavy atom. The standard InChI is InChI=1S/C16H26N2O3S/c1-12-5-6-15(11-16(12)17(3)4)22(20,21)18-9-7-14(8-10-18)13(2)19/h5-6,11,13-14,19H,7-10H2,1-4H3. The van der Waals surface area contributed by atoms with Gasteiger partial charge >= 0.3 is 0 Å². The summed E-state index contributed by atoms with van der Waals surface area (Å²) >= 11 is 0. The van der Waals surface area contributed by atoms with Crippen molar-refractivity contribution >= 4 is 15.7 Å². The van der Waals surface area contributed by atoms with Gasteiger partial charge in [-0.25, -0.2) is 8.42 Å². The summed E-state index contributed by atoms with van der Waals surface area (Å²) in [7, 11) is 0.360. The molecule has 1 aromatic carbocycles. The lowest BCUT2D eigenvalue weighted by Crippen LogP contribution is -2.40. The van der Waals surface area contributed by atoms with Crippen molar-refractivity contribution in [3.05, 3.63) is 23.8 Å². The van der Waals surface area contributed by atoms with E-state index in [1.165, 1.54) is 4.31 Å². The zero-order valence-corrected chi connectivity index (χ0v) is 14.6. The number of aryl methyl sites for hydroxylation is 1. The first-order valence-electron chi connectivity index (χ1n) is 7.69. The Hall–Kier alpha value is -1.11. The van der Waals surface area contributed by atoms with E-state index in [9.17, 15) is 13.5 Å². The third-order valence-corrected chi connectivity index (χ3v) is 6.38. The fourth-order valence-corrected chi connectivity index (χ4v) is 4.47. The van der Waals surface area contributed by atoms with Crippen LogP contribution in [0.5, 0.6) is 0 Å². The molecule has 22 heavy (non-hydrogen) atoms. The van der Waals surface area contributed by atoms with Crippen LogP contribution in [0.3, 0.4) is 0 Å². The number of aliphatic hydroxyl groups excluding tert-OH is 1. The largest absolute Gasteiger partial charge is 0.393 e. The van der Waals surface area contributed by atoms with Crippen LogP contribution < -0.4 is 4.90 Å². The molecule has 1 atom stereocenters. The second kappa shape index (κ2) is 6.56. The molecule has 0 radical (unpaired) electrons. The summed E-state index contributed by atoms with van der Waals surface area (Å²) in [5.74, 6) is 0.196. The first-order valence-corrected chi connectivity index (χ1v) is 9.13. The lowest BCUT2D eigenvalue weighted by atomic mass is 9.93. The van der Waals surface area contributed by atoms with E-state index in [1.54, 1.807) is 19.1 Å². The SMILES string of the molecule is Cc1ccc(S(=O)(=O)N2CCC(C(C)O)CC2)cc1N(C)C. The van der Waals surface area contributed by atoms with Crippen LogP contribution in [0.2, 0.25) is 0 Å². The minimum atomic E-state index is -3.46. The summed E-state index contributed by atoms with van der Waals surface area (Å²) in [6, 6.07) is 5.27. The van der Waals surface area contributed by atoms with Crippen molar-refractivity contribution in [2.45, 2.75) is 37.7 Å². The molecule has 0 bridgehead atoms. The average Bonchev–Trinajstić information content (AvgIpc) is 2.47. The molecule has 1 fully saturated rings. The molecule has 1 aliphatic heterocycles. The number of hydrogen-bond acceptors (Lipinski definition) is 4. The van der Waals surface area contributed by atoms with Crippen LogP contribution in [-0.4, -0.2) is 51.1 Å². The van der Waals surface area contributed by atoms with Crippen LogP contribution in [0.15, 0.2) is 23.1 Å². The maximum absolute atomic E-state index is 12.8. The highest BCUT2D eigenvalue weighted by Crippen LogP contribution is 2.28. The van der Waals surface area contributed by atoms with Gasteiger partial charge in [0.05, 0.1) is 11.0 Å². The Morgan fingerprint density at radius 2 is 1.86 bits per heavy atom. The molecule has 6 heteroatoms. The monoisotopic (exact) mass is 326 g/mol. The van der Waals surface area contributed by atoms with Gasteiger partial charge in [-0.1, -0.05) is 6.07 Å². The molecule has 0 amide bonds. The van der Waals surface area contributed by atoms with Crippen LogP contribution in [-0.2, 0) is 10.0 Å². The molecule has 1 N–H and O–H groups in total. The smallest absolute Gasteiger partial charge is 0.243 e. The summed E-state index contributed by atoms with van der Waals surface area (Å²) in [6.45, 7) is 4.70. The first kappa shape index (κ1) is 17.2. The summed E-state index contributed by atoms with van der Waals surface area (Å²) in [5.41, 5.74) is 1.97. The Labute approximate surface area is 133 Å². The van der Waals surface area contributed by atoms with Gasteiger partial charge < -0.3 is 10.0 Å². The van der Waals surface area contributed by atoms with E-state index in [0.717, 1.165) is 11.3 Å². The lowest BCUT2D eigenvalue weighted by molar-refractivity contribution is 0.0912. The van der Waals surface area contributed by atoms with Gasteiger partial charge in [0.15, 0.2) is 0 Å². The van der Waals surface area contributed by atoms with E-state index < -0.39 is 10.0 Å². The highest BCUT2D eigenvalue weighted by atomic mass is 32.2. The number of benzene rings is 1. The minimum absolute atomic E-state index is 0.196. The molecule has 1 aromatic rings. The number of nitrogens with zero attached hydrogens (tertiary/aromatic N) is 2. The summed E-state index contributed by atoms with van der Waals surface area (Å²) in [4.78, 5) is 2.27.